The van der Waals surface area contributed by atoms with Crippen molar-refractivity contribution in [2.75, 3.05) is 33.2 Å². The molecule has 1 aromatic heterocycles. The lowest BCUT2D eigenvalue weighted by Crippen LogP contribution is -2.59. The number of nitrogens with zero attached hydrogens (tertiary/aromatic N) is 4. The zero-order valence-corrected chi connectivity index (χ0v) is 27.6. The molecule has 0 bridgehead atoms. The third-order valence-electron chi connectivity index (χ3n) is 8.23. The molecule has 2 aromatic carbocycles. The number of piperidine rings is 1. The van der Waals surface area contributed by atoms with Gasteiger partial charge in [0.1, 0.15) is 18.4 Å². The van der Waals surface area contributed by atoms with Gasteiger partial charge in [-0.1, -0.05) is 62.7 Å². The standard InChI is InChI=1S/C35H49N5O3S/c1-5-40(39-19-10-7-11-20-39)35(42)32(22-28-14-16-31(17-15-28)43-24-29-12-8-6-9-13-29)37-34(41)33(23-30-25-44-26-36-30)38(4)21-18-27(2)3/h6,8-9,12-17,25-27,32-33H,5,7,10-11,18-24H2,1-4H3,(H,37,41). The van der Waals surface area contributed by atoms with E-state index in [1.54, 1.807) is 5.51 Å². The molecule has 2 heterocycles. The topological polar surface area (TPSA) is 78.0 Å². The van der Waals surface area contributed by atoms with Crippen LogP contribution in [0, 0.1) is 5.92 Å². The van der Waals surface area contributed by atoms with Crippen LogP contribution >= 0.6 is 11.3 Å². The van der Waals surface area contributed by atoms with Gasteiger partial charge in [-0.15, -0.1) is 11.3 Å². The first kappa shape index (κ1) is 33.6. The lowest BCUT2D eigenvalue weighted by molar-refractivity contribution is -0.154. The highest BCUT2D eigenvalue weighted by molar-refractivity contribution is 7.07. The number of carbonyl (C=O) groups is 2. The van der Waals surface area contributed by atoms with Gasteiger partial charge in [-0.25, -0.2) is 9.99 Å². The van der Waals surface area contributed by atoms with Crippen LogP contribution in [-0.2, 0) is 29.0 Å². The molecular formula is C35H49N5O3S. The number of aromatic nitrogens is 1. The van der Waals surface area contributed by atoms with Gasteiger partial charge < -0.3 is 10.1 Å². The van der Waals surface area contributed by atoms with E-state index in [2.05, 4.69) is 34.1 Å². The summed E-state index contributed by atoms with van der Waals surface area (Å²) in [6.07, 6.45) is 5.21. The van der Waals surface area contributed by atoms with Crippen LogP contribution in [0.3, 0.4) is 0 Å². The second-order valence-corrected chi connectivity index (χ2v) is 12.8. The van der Waals surface area contributed by atoms with Crippen LogP contribution < -0.4 is 10.1 Å². The second kappa shape index (κ2) is 17.3. The Morgan fingerprint density at radius 1 is 1.00 bits per heavy atom. The molecule has 2 atom stereocenters. The number of hydrogen-bond acceptors (Lipinski definition) is 7. The molecule has 1 N–H and O–H groups in total. The van der Waals surface area contributed by atoms with E-state index in [1.807, 2.05) is 79.0 Å². The maximum atomic E-state index is 14.2. The van der Waals surface area contributed by atoms with Gasteiger partial charge in [0.15, 0.2) is 0 Å². The molecular weight excluding hydrogens is 570 g/mol. The molecule has 1 aliphatic heterocycles. The van der Waals surface area contributed by atoms with E-state index in [4.69, 9.17) is 4.74 Å². The number of thiazole rings is 1. The fraction of sp³-hybridized carbons (Fsp3) is 0.514. The van der Waals surface area contributed by atoms with Crippen molar-refractivity contribution in [3.63, 3.8) is 0 Å². The van der Waals surface area contributed by atoms with Gasteiger partial charge in [0.2, 0.25) is 5.91 Å². The Morgan fingerprint density at radius 3 is 2.36 bits per heavy atom. The Bertz CT molecular complexity index is 1260. The summed E-state index contributed by atoms with van der Waals surface area (Å²) in [6, 6.07) is 16.8. The molecule has 9 heteroatoms. The Kier molecular flexibility index (Phi) is 13.2. The number of carbonyl (C=O) groups excluding carboxylic acids is 2. The zero-order chi connectivity index (χ0) is 31.3. The van der Waals surface area contributed by atoms with Gasteiger partial charge in [-0.3, -0.25) is 19.5 Å². The first-order valence-corrected chi connectivity index (χ1v) is 17.0. The van der Waals surface area contributed by atoms with Gasteiger partial charge in [0, 0.05) is 37.9 Å². The summed E-state index contributed by atoms with van der Waals surface area (Å²) in [5.74, 6) is 1.09. The summed E-state index contributed by atoms with van der Waals surface area (Å²) in [7, 11) is 2.00. The second-order valence-electron chi connectivity index (χ2n) is 12.1. The molecule has 238 valence electrons. The van der Waals surface area contributed by atoms with Crippen LogP contribution in [-0.4, -0.2) is 77.0 Å². The molecule has 8 nitrogen and oxygen atoms in total. The first-order chi connectivity index (χ1) is 21.3. The number of amides is 2. The van der Waals surface area contributed by atoms with Crippen LogP contribution in [0.1, 0.15) is 63.3 Å². The Labute approximate surface area is 267 Å². The number of rotatable bonds is 16. The highest BCUT2D eigenvalue weighted by Crippen LogP contribution is 2.19. The fourth-order valence-electron chi connectivity index (χ4n) is 5.56. The van der Waals surface area contributed by atoms with Crippen molar-refractivity contribution in [1.82, 2.24) is 25.2 Å². The molecule has 0 saturated carbocycles. The SMILES string of the molecule is CCN(C(=O)C(Cc1ccc(OCc2ccccc2)cc1)NC(=O)C(Cc1cscn1)N(C)CCC(C)C)N1CCCCC1. The summed E-state index contributed by atoms with van der Waals surface area (Å²) < 4.78 is 5.98. The average Bonchev–Trinajstić information content (AvgIpc) is 3.56. The maximum Gasteiger partial charge on any atom is 0.259 e. The van der Waals surface area contributed by atoms with E-state index in [1.165, 1.54) is 17.8 Å². The minimum Gasteiger partial charge on any atom is -0.489 e. The predicted molar refractivity (Wildman–Crippen MR) is 177 cm³/mol. The van der Waals surface area contributed by atoms with Crippen LogP contribution in [0.2, 0.25) is 0 Å². The Balaban J connectivity index is 1.52. The normalized spacial score (nSPS) is 15.2. The van der Waals surface area contributed by atoms with E-state index in [9.17, 15) is 9.59 Å². The summed E-state index contributed by atoms with van der Waals surface area (Å²) in [5.41, 5.74) is 4.77. The number of likely N-dealkylation sites (N-methyl/N-ethyl adjacent to an activating group) is 2. The van der Waals surface area contributed by atoms with Crippen molar-refractivity contribution in [3.05, 3.63) is 82.3 Å². The summed E-state index contributed by atoms with van der Waals surface area (Å²) in [4.78, 5) is 34.8. The van der Waals surface area contributed by atoms with Crippen molar-refractivity contribution < 1.29 is 14.3 Å². The third-order valence-corrected chi connectivity index (χ3v) is 8.87. The molecule has 0 spiro atoms. The average molecular weight is 620 g/mol. The van der Waals surface area contributed by atoms with Crippen LogP contribution in [0.25, 0.3) is 0 Å². The molecule has 1 aliphatic rings. The van der Waals surface area contributed by atoms with Gasteiger partial charge in [-0.05, 0) is 69.0 Å². The monoisotopic (exact) mass is 619 g/mol. The molecule has 2 amide bonds. The van der Waals surface area contributed by atoms with Gasteiger partial charge in [-0.2, -0.15) is 0 Å². The third kappa shape index (κ3) is 10.1. The maximum absolute atomic E-state index is 14.2. The molecule has 44 heavy (non-hydrogen) atoms. The highest BCUT2D eigenvalue weighted by Gasteiger charge is 2.33. The van der Waals surface area contributed by atoms with Crippen molar-refractivity contribution in [2.24, 2.45) is 5.92 Å². The molecule has 3 aromatic rings. The van der Waals surface area contributed by atoms with Crippen molar-refractivity contribution in [1.29, 1.82) is 0 Å². The highest BCUT2D eigenvalue weighted by atomic mass is 32.1. The quantitative estimate of drug-likeness (QED) is 0.225. The lowest BCUT2D eigenvalue weighted by atomic mass is 10.0. The summed E-state index contributed by atoms with van der Waals surface area (Å²) in [6.45, 7) is 9.95. The number of ether oxygens (including phenoxy) is 1. The van der Waals surface area contributed by atoms with E-state index in [0.29, 0.717) is 31.9 Å². The first-order valence-electron chi connectivity index (χ1n) is 16.0. The fourth-order valence-corrected chi connectivity index (χ4v) is 6.13. The minimum atomic E-state index is -0.697. The Morgan fingerprint density at radius 2 is 1.73 bits per heavy atom. The van der Waals surface area contributed by atoms with Gasteiger partial charge in [0.05, 0.1) is 17.2 Å². The molecule has 4 rings (SSSR count). The van der Waals surface area contributed by atoms with Crippen LogP contribution in [0.5, 0.6) is 5.75 Å². The van der Waals surface area contributed by atoms with Crippen molar-refractivity contribution >= 4 is 23.2 Å². The zero-order valence-electron chi connectivity index (χ0n) is 26.8. The lowest BCUT2D eigenvalue weighted by Gasteiger charge is -2.39. The summed E-state index contributed by atoms with van der Waals surface area (Å²) >= 11 is 1.53. The van der Waals surface area contributed by atoms with Gasteiger partial charge >= 0.3 is 0 Å². The van der Waals surface area contributed by atoms with E-state index in [0.717, 1.165) is 61.5 Å². The largest absolute Gasteiger partial charge is 0.489 e. The number of hydrazine groups is 1. The van der Waals surface area contributed by atoms with Gasteiger partial charge in [0.25, 0.3) is 5.91 Å². The Hall–Kier alpha value is -3.27. The van der Waals surface area contributed by atoms with Crippen LogP contribution in [0.4, 0.5) is 0 Å². The van der Waals surface area contributed by atoms with Crippen molar-refractivity contribution in [3.8, 4) is 5.75 Å². The van der Waals surface area contributed by atoms with E-state index >= 15 is 0 Å². The van der Waals surface area contributed by atoms with E-state index in [-0.39, 0.29) is 11.8 Å². The number of hydrogen-bond donors (Lipinski definition) is 1. The minimum absolute atomic E-state index is 0.0654. The molecule has 1 saturated heterocycles. The van der Waals surface area contributed by atoms with E-state index < -0.39 is 12.1 Å². The molecule has 2 unspecified atom stereocenters. The molecule has 0 aliphatic carbocycles. The van der Waals surface area contributed by atoms with Crippen LogP contribution in [0.15, 0.2) is 65.5 Å². The molecule has 1 fully saturated rings. The number of benzene rings is 2. The number of nitrogens with one attached hydrogen (secondary N) is 1. The smallest absolute Gasteiger partial charge is 0.259 e. The predicted octanol–water partition coefficient (Wildman–Crippen LogP) is 5.59. The summed E-state index contributed by atoms with van der Waals surface area (Å²) in [5, 5.41) is 9.21. The van der Waals surface area contributed by atoms with Crippen molar-refractivity contribution in [2.45, 2.75) is 78.0 Å². The molecule has 0 radical (unpaired) electrons.